The molecule has 4 aromatic rings. The molecular formula is C26H21F2N3O5. The summed E-state index contributed by atoms with van der Waals surface area (Å²) < 4.78 is 35.9. The third kappa shape index (κ3) is 4.66. The molecule has 10 heteroatoms. The van der Waals surface area contributed by atoms with Crippen LogP contribution < -0.4 is 5.32 Å². The second kappa shape index (κ2) is 10.4. The van der Waals surface area contributed by atoms with Crippen molar-refractivity contribution >= 4 is 39.4 Å². The first kappa shape index (κ1) is 24.6. The fourth-order valence-corrected chi connectivity index (χ4v) is 4.13. The molecule has 2 N–H and O–H groups in total. The average molecular weight is 493 g/mol. The van der Waals surface area contributed by atoms with Crippen LogP contribution in [0.5, 0.6) is 0 Å². The van der Waals surface area contributed by atoms with Crippen LogP contribution in [0, 0.1) is 21.7 Å². The number of nitrogens with zero attached hydrogens (tertiary/aromatic N) is 2. The number of hydrogen-bond acceptors (Lipinski definition) is 5. The van der Waals surface area contributed by atoms with Gasteiger partial charge in [0.2, 0.25) is 0 Å². The summed E-state index contributed by atoms with van der Waals surface area (Å²) in [5.74, 6) is -2.64. The number of carboxylic acid groups (broad SMARTS) is 1. The maximum absolute atomic E-state index is 15.1. The Morgan fingerprint density at radius 3 is 2.58 bits per heavy atom. The van der Waals surface area contributed by atoms with Crippen LogP contribution >= 0.6 is 0 Å². The first-order valence-electron chi connectivity index (χ1n) is 10.8. The van der Waals surface area contributed by atoms with Crippen LogP contribution in [0.1, 0.15) is 21.6 Å². The highest BCUT2D eigenvalue weighted by Crippen LogP contribution is 2.36. The van der Waals surface area contributed by atoms with Crippen LogP contribution in [0.25, 0.3) is 27.8 Å². The number of allylic oxidation sites excluding steroid dienone is 2. The van der Waals surface area contributed by atoms with Gasteiger partial charge in [-0.15, -0.1) is 0 Å². The number of aromatic nitrogens is 1. The molecule has 0 bridgehead atoms. The van der Waals surface area contributed by atoms with Crippen molar-refractivity contribution in [2.45, 2.75) is 6.54 Å². The van der Waals surface area contributed by atoms with Gasteiger partial charge in [0, 0.05) is 41.1 Å². The fourth-order valence-electron chi connectivity index (χ4n) is 4.13. The predicted octanol–water partition coefficient (Wildman–Crippen LogP) is 5.45. The standard InChI is InChI=1S/C26H21F2N3O5/c1-36-15-29-11-5-4-8-20-24-19-7-3-2-6-18(19)22(28)13-23(24)30(25(20)26(32)33)14-16-12-17(31(34)35)9-10-21(16)27/h2-13,29H,14-15H2,1H3,(H,32,33)/b8-4+,11-5-. The third-order valence-electron chi connectivity index (χ3n) is 5.65. The Balaban J connectivity index is 1.99. The lowest BCUT2D eigenvalue weighted by molar-refractivity contribution is -0.385. The third-order valence-corrected chi connectivity index (χ3v) is 5.65. The van der Waals surface area contributed by atoms with E-state index in [0.29, 0.717) is 16.2 Å². The molecule has 1 heterocycles. The summed E-state index contributed by atoms with van der Waals surface area (Å²) in [7, 11) is 1.53. The number of nitro benzene ring substituents is 1. The number of fused-ring (bicyclic) bond motifs is 3. The zero-order valence-corrected chi connectivity index (χ0v) is 19.1. The number of methoxy groups -OCH3 is 1. The lowest BCUT2D eigenvalue weighted by Crippen LogP contribution is -2.12. The number of carboxylic acids is 1. The maximum atomic E-state index is 15.1. The van der Waals surface area contributed by atoms with Crippen molar-refractivity contribution in [3.05, 3.63) is 105 Å². The van der Waals surface area contributed by atoms with E-state index >= 15 is 4.39 Å². The van der Waals surface area contributed by atoms with Crippen molar-refractivity contribution in [1.82, 2.24) is 9.88 Å². The van der Waals surface area contributed by atoms with Crippen molar-refractivity contribution in [1.29, 1.82) is 0 Å². The van der Waals surface area contributed by atoms with E-state index < -0.39 is 22.5 Å². The minimum Gasteiger partial charge on any atom is -0.477 e. The molecule has 36 heavy (non-hydrogen) atoms. The van der Waals surface area contributed by atoms with Crippen molar-refractivity contribution < 1.29 is 28.3 Å². The Hall–Kier alpha value is -4.57. The van der Waals surface area contributed by atoms with Gasteiger partial charge >= 0.3 is 5.97 Å². The minimum atomic E-state index is -1.32. The van der Waals surface area contributed by atoms with E-state index in [1.807, 2.05) is 0 Å². The molecule has 0 fully saturated rings. The molecule has 0 unspecified atom stereocenters. The van der Waals surface area contributed by atoms with E-state index in [0.717, 1.165) is 18.2 Å². The van der Waals surface area contributed by atoms with Crippen LogP contribution in [0.2, 0.25) is 0 Å². The van der Waals surface area contributed by atoms with Crippen LogP contribution in [0.4, 0.5) is 14.5 Å². The second-order valence-electron chi connectivity index (χ2n) is 7.84. The van der Waals surface area contributed by atoms with Crippen molar-refractivity contribution in [2.24, 2.45) is 0 Å². The van der Waals surface area contributed by atoms with Crippen molar-refractivity contribution in [2.75, 3.05) is 13.8 Å². The summed E-state index contributed by atoms with van der Waals surface area (Å²) in [5.41, 5.74) is -0.144. The molecule has 0 radical (unpaired) electrons. The molecule has 8 nitrogen and oxygen atoms in total. The largest absolute Gasteiger partial charge is 0.477 e. The number of rotatable bonds is 9. The lowest BCUT2D eigenvalue weighted by atomic mass is 10.0. The SMILES string of the molecule is COCN/C=C\C=C\c1c(C(=O)O)n(Cc2cc([N+](=O)[O-])ccc2F)c2cc(F)c3ccccc3c12. The van der Waals surface area contributed by atoms with E-state index in [-0.39, 0.29) is 41.3 Å². The number of hydrogen-bond donors (Lipinski definition) is 2. The highest BCUT2D eigenvalue weighted by Gasteiger charge is 2.25. The summed E-state index contributed by atoms with van der Waals surface area (Å²) in [4.78, 5) is 23.0. The highest BCUT2D eigenvalue weighted by atomic mass is 19.1. The van der Waals surface area contributed by atoms with Crippen LogP contribution in [-0.4, -0.2) is 34.4 Å². The van der Waals surface area contributed by atoms with Crippen LogP contribution in [0.3, 0.4) is 0 Å². The molecule has 0 aliphatic heterocycles. The predicted molar refractivity (Wildman–Crippen MR) is 132 cm³/mol. The van der Waals surface area contributed by atoms with E-state index in [2.05, 4.69) is 5.32 Å². The fraction of sp³-hybridized carbons (Fsp3) is 0.115. The number of benzene rings is 3. The number of non-ortho nitro benzene ring substituents is 1. The van der Waals surface area contributed by atoms with Crippen LogP contribution in [0.15, 0.2) is 66.9 Å². The Morgan fingerprint density at radius 1 is 1.14 bits per heavy atom. The maximum Gasteiger partial charge on any atom is 0.353 e. The Morgan fingerprint density at radius 2 is 1.89 bits per heavy atom. The highest BCUT2D eigenvalue weighted by molar-refractivity contribution is 6.15. The molecule has 4 rings (SSSR count). The van der Waals surface area contributed by atoms with Gasteiger partial charge < -0.3 is 19.7 Å². The summed E-state index contributed by atoms with van der Waals surface area (Å²) in [6, 6.07) is 10.9. The molecule has 0 amide bonds. The molecular weight excluding hydrogens is 472 g/mol. The smallest absolute Gasteiger partial charge is 0.353 e. The minimum absolute atomic E-state index is 0.101. The molecule has 3 aromatic carbocycles. The average Bonchev–Trinajstić information content (AvgIpc) is 3.15. The van der Waals surface area contributed by atoms with Gasteiger partial charge in [0.1, 0.15) is 24.1 Å². The first-order valence-corrected chi connectivity index (χ1v) is 10.8. The van der Waals surface area contributed by atoms with Gasteiger partial charge in [-0.3, -0.25) is 10.1 Å². The van der Waals surface area contributed by atoms with E-state index in [4.69, 9.17) is 4.74 Å². The van der Waals surface area contributed by atoms with Gasteiger partial charge in [-0.1, -0.05) is 36.4 Å². The molecule has 0 saturated carbocycles. The van der Waals surface area contributed by atoms with Gasteiger partial charge in [-0.25, -0.2) is 13.6 Å². The number of aromatic carboxylic acids is 1. The van der Waals surface area contributed by atoms with Gasteiger partial charge in [0.25, 0.3) is 5.69 Å². The molecule has 0 saturated heterocycles. The first-order chi connectivity index (χ1) is 17.3. The number of carbonyl (C=O) groups is 1. The van der Waals surface area contributed by atoms with Gasteiger partial charge in [0.05, 0.1) is 17.0 Å². The zero-order valence-electron chi connectivity index (χ0n) is 19.1. The molecule has 184 valence electrons. The molecule has 0 atom stereocenters. The zero-order chi connectivity index (χ0) is 25.8. The summed E-state index contributed by atoms with van der Waals surface area (Å²) in [5, 5.41) is 25.5. The van der Waals surface area contributed by atoms with Crippen molar-refractivity contribution in [3.63, 3.8) is 0 Å². The number of nitrogens with one attached hydrogen (secondary N) is 1. The lowest BCUT2D eigenvalue weighted by Gasteiger charge is -2.10. The van der Waals surface area contributed by atoms with Crippen molar-refractivity contribution in [3.8, 4) is 0 Å². The van der Waals surface area contributed by atoms with Gasteiger partial charge in [-0.05, 0) is 29.8 Å². The van der Waals surface area contributed by atoms with E-state index in [1.54, 1.807) is 48.7 Å². The number of nitro groups is 1. The molecule has 0 aliphatic carbocycles. The normalized spacial score (nSPS) is 11.8. The Bertz CT molecular complexity index is 1540. The van der Waals surface area contributed by atoms with Crippen LogP contribution in [-0.2, 0) is 11.3 Å². The molecule has 1 aromatic heterocycles. The van der Waals surface area contributed by atoms with Gasteiger partial charge in [0.15, 0.2) is 0 Å². The summed E-state index contributed by atoms with van der Waals surface area (Å²) >= 11 is 0. The molecule has 0 aliphatic rings. The topological polar surface area (TPSA) is 107 Å². The number of ether oxygens (including phenoxy) is 1. The second-order valence-corrected chi connectivity index (χ2v) is 7.84. The Labute approximate surface area is 203 Å². The monoisotopic (exact) mass is 493 g/mol. The summed E-state index contributed by atoms with van der Waals surface area (Å²) in [6.45, 7) is -0.0782. The Kier molecular flexibility index (Phi) is 7.07. The summed E-state index contributed by atoms with van der Waals surface area (Å²) in [6.07, 6.45) is 6.43. The van der Waals surface area contributed by atoms with E-state index in [1.165, 1.54) is 17.7 Å². The number of halogens is 2. The molecule has 0 spiro atoms. The quantitative estimate of drug-likeness (QED) is 0.106. The van der Waals surface area contributed by atoms with E-state index in [9.17, 15) is 24.4 Å². The van der Waals surface area contributed by atoms with Gasteiger partial charge in [-0.2, -0.15) is 0 Å².